The van der Waals surface area contributed by atoms with E-state index in [2.05, 4.69) is 21.2 Å². The van der Waals surface area contributed by atoms with Gasteiger partial charge in [-0.3, -0.25) is 0 Å². The van der Waals surface area contributed by atoms with E-state index in [-0.39, 0.29) is 21.8 Å². The first kappa shape index (κ1) is 14.0. The molecule has 0 aliphatic heterocycles. The summed E-state index contributed by atoms with van der Waals surface area (Å²) in [5.74, 6) is -0.867. The van der Waals surface area contributed by atoms with Crippen LogP contribution < -0.4 is 5.32 Å². The second-order valence-electron chi connectivity index (χ2n) is 2.94. The fourth-order valence-electron chi connectivity index (χ4n) is 1.08. The first-order chi connectivity index (χ1) is 8.54. The predicted molar refractivity (Wildman–Crippen MR) is 66.8 cm³/mol. The lowest BCUT2D eigenvalue weighted by Gasteiger charge is -2.08. The van der Waals surface area contributed by atoms with Gasteiger partial charge in [0.2, 0.25) is 0 Å². The topological polar surface area (TPSA) is 83.4 Å². The molecule has 18 heavy (non-hydrogen) atoms. The Balaban J connectivity index is 3.32. The number of nitriles is 3. The summed E-state index contributed by atoms with van der Waals surface area (Å²) < 4.78 is 13.9. The van der Waals surface area contributed by atoms with E-state index in [4.69, 9.17) is 27.4 Å². The standard InChI is InChI=1S/C11H3BrClFN4/c12-8-1-9(13)10(14)7(4-17)11(8)18-5-6(2-15)3-16/h1,5,18H. The first-order valence-electron chi connectivity index (χ1n) is 4.39. The van der Waals surface area contributed by atoms with Crippen molar-refractivity contribution >= 4 is 33.2 Å². The van der Waals surface area contributed by atoms with Crippen molar-refractivity contribution in [2.24, 2.45) is 0 Å². The predicted octanol–water partition coefficient (Wildman–Crippen LogP) is 3.46. The van der Waals surface area contributed by atoms with Crippen molar-refractivity contribution in [3.05, 3.63) is 38.7 Å². The van der Waals surface area contributed by atoms with E-state index in [1.54, 1.807) is 18.2 Å². The third-order valence-electron chi connectivity index (χ3n) is 1.88. The second kappa shape index (κ2) is 6.02. The highest BCUT2D eigenvalue weighted by Crippen LogP contribution is 2.33. The Morgan fingerprint density at radius 3 is 2.50 bits per heavy atom. The molecule has 0 heterocycles. The third-order valence-corrected chi connectivity index (χ3v) is 2.79. The molecule has 7 heteroatoms. The molecule has 0 atom stereocenters. The Morgan fingerprint density at radius 1 is 1.39 bits per heavy atom. The molecule has 1 aromatic carbocycles. The first-order valence-corrected chi connectivity index (χ1v) is 5.56. The minimum absolute atomic E-state index is 0.0994. The molecule has 0 saturated carbocycles. The number of nitrogens with one attached hydrogen (secondary N) is 1. The number of benzene rings is 1. The zero-order valence-corrected chi connectivity index (χ0v) is 11.0. The molecule has 0 aliphatic carbocycles. The lowest BCUT2D eigenvalue weighted by atomic mass is 10.2. The Kier molecular flexibility index (Phi) is 4.68. The summed E-state index contributed by atoms with van der Waals surface area (Å²) in [5, 5.41) is 28.3. The van der Waals surface area contributed by atoms with Gasteiger partial charge in [0.05, 0.1) is 10.7 Å². The molecule has 0 spiro atoms. The molecule has 1 N–H and O–H groups in total. The van der Waals surface area contributed by atoms with Crippen LogP contribution >= 0.6 is 27.5 Å². The van der Waals surface area contributed by atoms with Gasteiger partial charge in [-0.1, -0.05) is 11.6 Å². The van der Waals surface area contributed by atoms with Crippen LogP contribution in [0.4, 0.5) is 10.1 Å². The molecule has 0 radical (unpaired) electrons. The van der Waals surface area contributed by atoms with Gasteiger partial charge >= 0.3 is 0 Å². The summed E-state index contributed by atoms with van der Waals surface area (Å²) in [4.78, 5) is 0. The van der Waals surface area contributed by atoms with Gasteiger partial charge in [0.1, 0.15) is 29.3 Å². The van der Waals surface area contributed by atoms with Gasteiger partial charge in [-0.15, -0.1) is 0 Å². The molecular weight excluding hydrogens is 323 g/mol. The van der Waals surface area contributed by atoms with Crippen molar-refractivity contribution in [1.82, 2.24) is 0 Å². The molecule has 88 valence electrons. The number of allylic oxidation sites excluding steroid dienone is 1. The van der Waals surface area contributed by atoms with Crippen molar-refractivity contribution < 1.29 is 4.39 Å². The summed E-state index contributed by atoms with van der Waals surface area (Å²) in [6.45, 7) is 0. The largest absolute Gasteiger partial charge is 0.358 e. The molecule has 0 amide bonds. The molecule has 0 aromatic heterocycles. The summed E-state index contributed by atoms with van der Waals surface area (Å²) >= 11 is 8.69. The van der Waals surface area contributed by atoms with Gasteiger partial charge in [-0.2, -0.15) is 15.8 Å². The Hall–Kier alpha value is -2.07. The van der Waals surface area contributed by atoms with Gasteiger partial charge in [0.25, 0.3) is 0 Å². The van der Waals surface area contributed by atoms with Crippen molar-refractivity contribution in [1.29, 1.82) is 15.8 Å². The fourth-order valence-corrected chi connectivity index (χ4v) is 1.95. The van der Waals surface area contributed by atoms with Crippen LogP contribution in [0.1, 0.15) is 5.56 Å². The lowest BCUT2D eigenvalue weighted by Crippen LogP contribution is -1.98. The van der Waals surface area contributed by atoms with Gasteiger partial charge < -0.3 is 5.32 Å². The molecule has 0 unspecified atom stereocenters. The summed E-state index contributed by atoms with van der Waals surface area (Å²) in [7, 11) is 0. The molecule has 1 rings (SSSR count). The van der Waals surface area contributed by atoms with E-state index in [1.165, 1.54) is 6.07 Å². The summed E-state index contributed by atoms with van der Waals surface area (Å²) in [6, 6.07) is 6.18. The molecule has 4 nitrogen and oxygen atoms in total. The van der Waals surface area contributed by atoms with E-state index in [1.807, 2.05) is 0 Å². The minimum Gasteiger partial charge on any atom is -0.358 e. The molecular formula is C11H3BrClFN4. The number of anilines is 1. The highest BCUT2D eigenvalue weighted by molar-refractivity contribution is 9.10. The maximum Gasteiger partial charge on any atom is 0.161 e. The number of hydrogen-bond donors (Lipinski definition) is 1. The van der Waals surface area contributed by atoms with Crippen LogP contribution in [0.15, 0.2) is 22.3 Å². The smallest absolute Gasteiger partial charge is 0.161 e. The van der Waals surface area contributed by atoms with E-state index >= 15 is 0 Å². The highest BCUT2D eigenvalue weighted by Gasteiger charge is 2.15. The van der Waals surface area contributed by atoms with Crippen LogP contribution in [-0.2, 0) is 0 Å². The third kappa shape index (κ3) is 2.78. The molecule has 0 bridgehead atoms. The van der Waals surface area contributed by atoms with Crippen molar-refractivity contribution in [3.8, 4) is 18.2 Å². The van der Waals surface area contributed by atoms with Crippen LogP contribution in [0.3, 0.4) is 0 Å². The lowest BCUT2D eigenvalue weighted by molar-refractivity contribution is 0.624. The Morgan fingerprint density at radius 2 is 2.00 bits per heavy atom. The SMILES string of the molecule is N#CC(C#N)=CNc1c(Br)cc(Cl)c(F)c1C#N. The maximum absolute atomic E-state index is 13.6. The summed E-state index contributed by atoms with van der Waals surface area (Å²) in [5.41, 5.74) is -0.413. The number of halogens is 3. The normalized spacial score (nSPS) is 8.67. The highest BCUT2D eigenvalue weighted by atomic mass is 79.9. The van der Waals surface area contributed by atoms with E-state index in [0.29, 0.717) is 4.47 Å². The number of hydrogen-bond acceptors (Lipinski definition) is 4. The van der Waals surface area contributed by atoms with Crippen LogP contribution in [0.25, 0.3) is 0 Å². The average Bonchev–Trinajstić information content (AvgIpc) is 2.36. The minimum atomic E-state index is -0.867. The summed E-state index contributed by atoms with van der Waals surface area (Å²) in [6.07, 6.45) is 1.08. The van der Waals surface area contributed by atoms with Gasteiger partial charge in [-0.25, -0.2) is 4.39 Å². The molecule has 1 aromatic rings. The van der Waals surface area contributed by atoms with Crippen LogP contribution in [0.2, 0.25) is 5.02 Å². The second-order valence-corrected chi connectivity index (χ2v) is 4.20. The molecule has 0 saturated heterocycles. The van der Waals surface area contributed by atoms with Crippen molar-refractivity contribution in [3.63, 3.8) is 0 Å². The van der Waals surface area contributed by atoms with Crippen LogP contribution in [0, 0.1) is 39.8 Å². The van der Waals surface area contributed by atoms with Gasteiger partial charge in [-0.05, 0) is 22.0 Å². The average molecular weight is 326 g/mol. The molecule has 0 aliphatic rings. The zero-order valence-electron chi connectivity index (χ0n) is 8.63. The van der Waals surface area contributed by atoms with Crippen LogP contribution in [-0.4, -0.2) is 0 Å². The Labute approximate surface area is 116 Å². The van der Waals surface area contributed by atoms with Crippen molar-refractivity contribution in [2.75, 3.05) is 5.32 Å². The zero-order chi connectivity index (χ0) is 13.7. The van der Waals surface area contributed by atoms with Gasteiger partial charge in [0, 0.05) is 10.7 Å². The maximum atomic E-state index is 13.6. The van der Waals surface area contributed by atoms with Gasteiger partial charge in [0.15, 0.2) is 5.82 Å². The quantitative estimate of drug-likeness (QED) is 0.666. The van der Waals surface area contributed by atoms with E-state index < -0.39 is 5.82 Å². The van der Waals surface area contributed by atoms with Crippen LogP contribution in [0.5, 0.6) is 0 Å². The van der Waals surface area contributed by atoms with E-state index in [0.717, 1.165) is 6.20 Å². The number of rotatable bonds is 2. The monoisotopic (exact) mass is 324 g/mol. The fraction of sp³-hybridized carbons (Fsp3) is 0. The van der Waals surface area contributed by atoms with Crippen molar-refractivity contribution in [2.45, 2.75) is 0 Å². The van der Waals surface area contributed by atoms with E-state index in [9.17, 15) is 4.39 Å². The Bertz CT molecular complexity index is 633. The number of nitrogens with zero attached hydrogens (tertiary/aromatic N) is 3. The molecule has 0 fully saturated rings.